The summed E-state index contributed by atoms with van der Waals surface area (Å²) in [5, 5.41) is 9.97. The number of fused-ring (bicyclic) bond motifs is 1. The van der Waals surface area contributed by atoms with E-state index in [0.29, 0.717) is 5.82 Å². The monoisotopic (exact) mass is 294 g/mol. The molecule has 0 aliphatic heterocycles. The lowest BCUT2D eigenvalue weighted by molar-refractivity contribution is 0.0697. The summed E-state index contributed by atoms with van der Waals surface area (Å²) in [6, 6.07) is 7.24. The third kappa shape index (κ3) is 2.24. The highest BCUT2D eigenvalue weighted by atomic mass is 79.9. The Labute approximate surface area is 107 Å². The second kappa shape index (κ2) is 4.33. The molecule has 0 amide bonds. The molecule has 1 aromatic heterocycles. The van der Waals surface area contributed by atoms with E-state index >= 15 is 0 Å². The quantitative estimate of drug-likeness (QED) is 0.925. The van der Waals surface area contributed by atoms with Crippen LogP contribution in [-0.4, -0.2) is 30.2 Å². The Morgan fingerprint density at radius 1 is 1.35 bits per heavy atom. The van der Waals surface area contributed by atoms with Crippen molar-refractivity contribution in [2.75, 3.05) is 19.0 Å². The first-order valence-corrected chi connectivity index (χ1v) is 5.79. The SMILES string of the molecule is CN(C)c1nc2ccc(Br)cc2cc1C(=O)O. The van der Waals surface area contributed by atoms with Crippen molar-refractivity contribution in [1.82, 2.24) is 4.98 Å². The summed E-state index contributed by atoms with van der Waals surface area (Å²) in [7, 11) is 3.55. The molecule has 0 radical (unpaired) electrons. The number of benzene rings is 1. The Kier molecular flexibility index (Phi) is 3.02. The van der Waals surface area contributed by atoms with Gasteiger partial charge in [0.15, 0.2) is 0 Å². The molecule has 1 aromatic carbocycles. The van der Waals surface area contributed by atoms with Gasteiger partial charge in [-0.2, -0.15) is 0 Å². The van der Waals surface area contributed by atoms with Gasteiger partial charge in [0.2, 0.25) is 0 Å². The molecule has 0 unspecified atom stereocenters. The molecule has 0 saturated heterocycles. The van der Waals surface area contributed by atoms with Gasteiger partial charge in [-0.25, -0.2) is 9.78 Å². The maximum atomic E-state index is 11.2. The Morgan fingerprint density at radius 2 is 2.06 bits per heavy atom. The first-order chi connectivity index (χ1) is 7.99. The van der Waals surface area contributed by atoms with Crippen molar-refractivity contribution in [2.45, 2.75) is 0 Å². The van der Waals surface area contributed by atoms with Gasteiger partial charge < -0.3 is 10.0 Å². The van der Waals surface area contributed by atoms with E-state index < -0.39 is 5.97 Å². The van der Waals surface area contributed by atoms with Crippen LogP contribution >= 0.6 is 15.9 Å². The molecule has 2 aromatic rings. The van der Waals surface area contributed by atoms with Crippen molar-refractivity contribution < 1.29 is 9.90 Å². The first-order valence-electron chi connectivity index (χ1n) is 5.00. The maximum absolute atomic E-state index is 11.2. The highest BCUT2D eigenvalue weighted by Gasteiger charge is 2.14. The van der Waals surface area contributed by atoms with E-state index in [1.807, 2.05) is 18.2 Å². The number of anilines is 1. The Balaban J connectivity index is 2.77. The van der Waals surface area contributed by atoms with E-state index in [1.165, 1.54) is 0 Å². The number of rotatable bonds is 2. The van der Waals surface area contributed by atoms with Crippen molar-refractivity contribution in [3.8, 4) is 0 Å². The minimum absolute atomic E-state index is 0.209. The smallest absolute Gasteiger partial charge is 0.339 e. The normalized spacial score (nSPS) is 10.5. The summed E-state index contributed by atoms with van der Waals surface area (Å²) < 4.78 is 0.903. The average molecular weight is 295 g/mol. The third-order valence-electron chi connectivity index (χ3n) is 2.41. The molecule has 1 N–H and O–H groups in total. The maximum Gasteiger partial charge on any atom is 0.339 e. The van der Waals surface area contributed by atoms with Gasteiger partial charge in [-0.1, -0.05) is 15.9 Å². The zero-order valence-corrected chi connectivity index (χ0v) is 11.0. The van der Waals surface area contributed by atoms with E-state index in [9.17, 15) is 4.79 Å². The molecule has 2 rings (SSSR count). The van der Waals surface area contributed by atoms with Gasteiger partial charge in [0.1, 0.15) is 11.4 Å². The first kappa shape index (κ1) is 11.9. The number of aromatic nitrogens is 1. The number of halogens is 1. The van der Waals surface area contributed by atoms with Crippen molar-refractivity contribution in [2.24, 2.45) is 0 Å². The lowest BCUT2D eigenvalue weighted by Crippen LogP contribution is -2.15. The van der Waals surface area contributed by atoms with Gasteiger partial charge >= 0.3 is 5.97 Å². The molecule has 0 bridgehead atoms. The van der Waals surface area contributed by atoms with Gasteiger partial charge in [-0.3, -0.25) is 0 Å². The zero-order valence-electron chi connectivity index (χ0n) is 9.44. The predicted octanol–water partition coefficient (Wildman–Crippen LogP) is 2.76. The van der Waals surface area contributed by atoms with Gasteiger partial charge in [-0.05, 0) is 24.3 Å². The Morgan fingerprint density at radius 3 is 2.65 bits per heavy atom. The fraction of sp³-hybridized carbons (Fsp3) is 0.167. The van der Waals surface area contributed by atoms with Gasteiger partial charge in [0.05, 0.1) is 5.52 Å². The molecule has 0 fully saturated rings. The molecular formula is C12H11BrN2O2. The molecule has 0 saturated carbocycles. The number of pyridine rings is 1. The van der Waals surface area contributed by atoms with Crippen LogP contribution in [0, 0.1) is 0 Å². The van der Waals surface area contributed by atoms with Crippen molar-refractivity contribution >= 4 is 38.6 Å². The zero-order chi connectivity index (χ0) is 12.6. The van der Waals surface area contributed by atoms with Crippen molar-refractivity contribution in [3.63, 3.8) is 0 Å². The van der Waals surface area contributed by atoms with Crippen molar-refractivity contribution in [3.05, 3.63) is 34.3 Å². The number of nitrogens with zero attached hydrogens (tertiary/aromatic N) is 2. The van der Waals surface area contributed by atoms with Crippen LogP contribution < -0.4 is 4.90 Å². The Bertz CT molecular complexity index is 596. The third-order valence-corrected chi connectivity index (χ3v) is 2.90. The van der Waals surface area contributed by atoms with Crippen LogP contribution in [0.15, 0.2) is 28.7 Å². The van der Waals surface area contributed by atoms with Crippen LogP contribution in [-0.2, 0) is 0 Å². The van der Waals surface area contributed by atoms with Gasteiger partial charge in [0.25, 0.3) is 0 Å². The lowest BCUT2D eigenvalue weighted by Gasteiger charge is -2.15. The van der Waals surface area contributed by atoms with E-state index in [4.69, 9.17) is 5.11 Å². The van der Waals surface area contributed by atoms with Crippen molar-refractivity contribution in [1.29, 1.82) is 0 Å². The molecule has 0 aliphatic carbocycles. The molecule has 17 heavy (non-hydrogen) atoms. The molecule has 0 spiro atoms. The van der Waals surface area contributed by atoms with Gasteiger partial charge in [0, 0.05) is 24.0 Å². The second-order valence-electron chi connectivity index (χ2n) is 3.90. The summed E-state index contributed by atoms with van der Waals surface area (Å²) in [4.78, 5) is 17.2. The number of hydrogen-bond donors (Lipinski definition) is 1. The van der Waals surface area contributed by atoms with Crippen LogP contribution in [0.4, 0.5) is 5.82 Å². The molecule has 4 nitrogen and oxygen atoms in total. The second-order valence-corrected chi connectivity index (χ2v) is 4.81. The lowest BCUT2D eigenvalue weighted by atomic mass is 10.1. The van der Waals surface area contributed by atoms with Crippen LogP contribution in [0.3, 0.4) is 0 Å². The van der Waals surface area contributed by atoms with E-state index in [0.717, 1.165) is 15.4 Å². The number of carboxylic acids is 1. The van der Waals surface area contributed by atoms with E-state index in [2.05, 4.69) is 20.9 Å². The number of carboxylic acid groups (broad SMARTS) is 1. The standard InChI is InChI=1S/C12H11BrN2O2/c1-15(2)11-9(12(16)17)6-7-5-8(13)3-4-10(7)14-11/h3-6H,1-2H3,(H,16,17). The van der Waals surface area contributed by atoms with Crippen LogP contribution in [0.2, 0.25) is 0 Å². The number of aromatic carboxylic acids is 1. The van der Waals surface area contributed by atoms with Crippen LogP contribution in [0.5, 0.6) is 0 Å². The van der Waals surface area contributed by atoms with Crippen LogP contribution in [0.1, 0.15) is 10.4 Å². The summed E-state index contributed by atoms with van der Waals surface area (Å²) >= 11 is 3.36. The summed E-state index contributed by atoms with van der Waals surface area (Å²) in [6.45, 7) is 0. The largest absolute Gasteiger partial charge is 0.478 e. The van der Waals surface area contributed by atoms with Crippen LogP contribution in [0.25, 0.3) is 10.9 Å². The molecule has 88 valence electrons. The minimum Gasteiger partial charge on any atom is -0.478 e. The highest BCUT2D eigenvalue weighted by Crippen LogP contribution is 2.24. The number of hydrogen-bond acceptors (Lipinski definition) is 3. The highest BCUT2D eigenvalue weighted by molar-refractivity contribution is 9.10. The van der Waals surface area contributed by atoms with E-state index in [1.54, 1.807) is 25.1 Å². The average Bonchev–Trinajstić information content (AvgIpc) is 2.26. The Hall–Kier alpha value is -1.62. The fourth-order valence-corrected chi connectivity index (χ4v) is 2.01. The minimum atomic E-state index is -0.969. The summed E-state index contributed by atoms with van der Waals surface area (Å²) in [5.74, 6) is -0.504. The molecule has 0 aliphatic rings. The number of carbonyl (C=O) groups is 1. The predicted molar refractivity (Wildman–Crippen MR) is 70.7 cm³/mol. The fourth-order valence-electron chi connectivity index (χ4n) is 1.64. The van der Waals surface area contributed by atoms with Gasteiger partial charge in [-0.15, -0.1) is 0 Å². The molecule has 0 atom stereocenters. The molecule has 5 heteroatoms. The molecular weight excluding hydrogens is 284 g/mol. The molecule has 1 heterocycles. The summed E-state index contributed by atoms with van der Waals surface area (Å²) in [6.07, 6.45) is 0. The topological polar surface area (TPSA) is 53.4 Å². The summed E-state index contributed by atoms with van der Waals surface area (Å²) in [5.41, 5.74) is 0.988. The van der Waals surface area contributed by atoms with E-state index in [-0.39, 0.29) is 5.56 Å².